The number of hydrogen-bond acceptors (Lipinski definition) is 4. The third-order valence-corrected chi connectivity index (χ3v) is 10.4. The van der Waals surface area contributed by atoms with E-state index in [1.165, 1.54) is 0 Å². The van der Waals surface area contributed by atoms with Crippen LogP contribution < -0.4 is 0 Å². The highest BCUT2D eigenvalue weighted by atomic mass is 16.3. The molecule has 11 rings (SSSR count). The quantitative estimate of drug-likeness (QED) is 0.180. The first-order valence-corrected chi connectivity index (χ1v) is 18.1. The monoisotopic (exact) mass is 690 g/mol. The van der Waals surface area contributed by atoms with E-state index in [1.807, 2.05) is 54.6 Å². The van der Waals surface area contributed by atoms with E-state index < -0.39 is 0 Å². The second kappa shape index (κ2) is 12.1. The molecule has 0 saturated heterocycles. The Bertz CT molecular complexity index is 3190. The fraction of sp³-hybridized carbons (Fsp3) is 0. The van der Waals surface area contributed by atoms with Gasteiger partial charge in [-0.1, -0.05) is 140 Å². The van der Waals surface area contributed by atoms with Gasteiger partial charge >= 0.3 is 0 Å². The molecule has 0 aliphatic rings. The molecule has 0 N–H and O–H groups in total. The molecule has 5 nitrogen and oxygen atoms in total. The fourth-order valence-electron chi connectivity index (χ4n) is 7.87. The molecule has 4 heterocycles. The maximum atomic E-state index is 6.61. The summed E-state index contributed by atoms with van der Waals surface area (Å²) in [5.41, 5.74) is 15.3. The van der Waals surface area contributed by atoms with Gasteiger partial charge in [0, 0.05) is 33.2 Å². The number of rotatable bonds is 5. The molecule has 0 aliphatic heterocycles. The number of pyridine rings is 1. The van der Waals surface area contributed by atoms with Crippen LogP contribution in [0.25, 0.3) is 105 Å². The standard InChI is InChI=1S/C49H30N4O/c1-4-14-32(15-5-1)44-45(33-16-6-2-7-17-33)51-40-30-35(28-29-39(40)50-44)31-24-26-34(27-25-31)46-48-43(49-47(52-46)38-21-11-13-23-42(38)54-49)37-20-10-12-22-41(37)53(48)36-18-8-3-9-19-36/h1-30H. The van der Waals surface area contributed by atoms with Gasteiger partial charge in [-0.2, -0.15) is 0 Å². The normalized spacial score (nSPS) is 11.7. The molecule has 0 unspecified atom stereocenters. The minimum atomic E-state index is 0.806. The van der Waals surface area contributed by atoms with Crippen molar-refractivity contribution < 1.29 is 4.42 Å². The first kappa shape index (κ1) is 30.3. The van der Waals surface area contributed by atoms with Crippen molar-refractivity contribution in [1.29, 1.82) is 0 Å². The molecule has 0 aliphatic carbocycles. The predicted molar refractivity (Wildman–Crippen MR) is 221 cm³/mol. The Balaban J connectivity index is 1.09. The van der Waals surface area contributed by atoms with Gasteiger partial charge in [-0.25, -0.2) is 15.0 Å². The van der Waals surface area contributed by atoms with Crippen molar-refractivity contribution in [2.45, 2.75) is 0 Å². The van der Waals surface area contributed by atoms with E-state index in [9.17, 15) is 0 Å². The zero-order valence-corrected chi connectivity index (χ0v) is 29.0. The number of benzene rings is 7. The van der Waals surface area contributed by atoms with E-state index >= 15 is 0 Å². The summed E-state index contributed by atoms with van der Waals surface area (Å²) in [5, 5.41) is 3.20. The van der Waals surface area contributed by atoms with Gasteiger partial charge in [0.15, 0.2) is 5.58 Å². The summed E-state index contributed by atoms with van der Waals surface area (Å²) in [6.45, 7) is 0. The van der Waals surface area contributed by atoms with E-state index in [2.05, 4.69) is 132 Å². The molecule has 0 amide bonds. The van der Waals surface area contributed by atoms with Crippen LogP contribution in [0.2, 0.25) is 0 Å². The Labute approximate surface area is 310 Å². The predicted octanol–water partition coefficient (Wildman–Crippen LogP) is 12.7. The molecular formula is C49H30N4O. The second-order valence-corrected chi connectivity index (χ2v) is 13.6. The average Bonchev–Trinajstić information content (AvgIpc) is 3.80. The van der Waals surface area contributed by atoms with E-state index in [1.54, 1.807) is 0 Å². The van der Waals surface area contributed by atoms with E-state index in [4.69, 9.17) is 19.4 Å². The lowest BCUT2D eigenvalue weighted by molar-refractivity contribution is 0.672. The zero-order chi connectivity index (χ0) is 35.6. The first-order chi connectivity index (χ1) is 26.8. The minimum Gasteiger partial charge on any atom is -0.454 e. The van der Waals surface area contributed by atoms with Gasteiger partial charge in [-0.15, -0.1) is 0 Å². The summed E-state index contributed by atoms with van der Waals surface area (Å²) in [5.74, 6) is 0. The highest BCUT2D eigenvalue weighted by molar-refractivity contribution is 6.25. The molecule has 54 heavy (non-hydrogen) atoms. The molecule has 252 valence electrons. The van der Waals surface area contributed by atoms with Gasteiger partial charge in [0.1, 0.15) is 11.1 Å². The summed E-state index contributed by atoms with van der Waals surface area (Å²) >= 11 is 0. The topological polar surface area (TPSA) is 56.7 Å². The van der Waals surface area contributed by atoms with Crippen LogP contribution in [-0.2, 0) is 0 Å². The van der Waals surface area contributed by atoms with E-state index in [-0.39, 0.29) is 0 Å². The van der Waals surface area contributed by atoms with Crippen LogP contribution in [-0.4, -0.2) is 19.5 Å². The van der Waals surface area contributed by atoms with Crippen LogP contribution in [0.15, 0.2) is 186 Å². The van der Waals surface area contributed by atoms with Gasteiger partial charge in [0.05, 0.1) is 44.5 Å². The van der Waals surface area contributed by atoms with Crippen molar-refractivity contribution in [2.75, 3.05) is 0 Å². The molecule has 0 spiro atoms. The van der Waals surface area contributed by atoms with Crippen LogP contribution in [0.3, 0.4) is 0 Å². The number of fused-ring (bicyclic) bond motifs is 8. The van der Waals surface area contributed by atoms with Crippen molar-refractivity contribution in [3.05, 3.63) is 182 Å². The Morgan fingerprint density at radius 1 is 0.407 bits per heavy atom. The van der Waals surface area contributed by atoms with Crippen molar-refractivity contribution in [1.82, 2.24) is 19.5 Å². The zero-order valence-electron chi connectivity index (χ0n) is 29.0. The number of hydrogen-bond donors (Lipinski definition) is 0. The Morgan fingerprint density at radius 2 is 0.963 bits per heavy atom. The van der Waals surface area contributed by atoms with Crippen LogP contribution in [0.5, 0.6) is 0 Å². The highest BCUT2D eigenvalue weighted by Crippen LogP contribution is 2.44. The number of para-hydroxylation sites is 3. The third kappa shape index (κ3) is 4.76. The average molecular weight is 691 g/mol. The smallest absolute Gasteiger partial charge is 0.163 e. The number of nitrogens with zero attached hydrogens (tertiary/aromatic N) is 4. The SMILES string of the molecule is c1ccc(-c2nc3ccc(-c4ccc(-c5nc6c7ccccc7oc6c6c7ccccc7n(-c7ccccc7)c56)cc4)cc3nc2-c2ccccc2)cc1. The van der Waals surface area contributed by atoms with Crippen LogP contribution >= 0.6 is 0 Å². The molecule has 11 aromatic rings. The largest absolute Gasteiger partial charge is 0.454 e. The van der Waals surface area contributed by atoms with Gasteiger partial charge in [0.2, 0.25) is 0 Å². The van der Waals surface area contributed by atoms with Crippen molar-refractivity contribution >= 4 is 54.9 Å². The van der Waals surface area contributed by atoms with Crippen molar-refractivity contribution in [2.24, 2.45) is 0 Å². The summed E-state index contributed by atoms with van der Waals surface area (Å²) < 4.78 is 8.93. The molecular weight excluding hydrogens is 661 g/mol. The van der Waals surface area contributed by atoms with E-state index in [0.717, 1.165) is 105 Å². The fourth-order valence-corrected chi connectivity index (χ4v) is 7.87. The van der Waals surface area contributed by atoms with Gasteiger partial charge in [-0.3, -0.25) is 0 Å². The molecule has 0 radical (unpaired) electrons. The van der Waals surface area contributed by atoms with Crippen LogP contribution in [0.4, 0.5) is 0 Å². The maximum Gasteiger partial charge on any atom is 0.163 e. The lowest BCUT2D eigenvalue weighted by Gasteiger charge is -2.13. The second-order valence-electron chi connectivity index (χ2n) is 13.6. The molecule has 0 fully saturated rings. The Morgan fingerprint density at radius 3 is 1.69 bits per heavy atom. The van der Waals surface area contributed by atoms with Gasteiger partial charge in [-0.05, 0) is 53.6 Å². The van der Waals surface area contributed by atoms with Crippen molar-refractivity contribution in [3.63, 3.8) is 0 Å². The summed E-state index contributed by atoms with van der Waals surface area (Å²) in [6, 6.07) is 62.9. The number of furan rings is 1. The number of aromatic nitrogens is 4. The summed E-state index contributed by atoms with van der Waals surface area (Å²) in [4.78, 5) is 15.8. The maximum absolute atomic E-state index is 6.61. The van der Waals surface area contributed by atoms with E-state index in [0.29, 0.717) is 0 Å². The molecule has 4 aromatic heterocycles. The van der Waals surface area contributed by atoms with Gasteiger partial charge in [0.25, 0.3) is 0 Å². The Hall–Kier alpha value is -7.37. The lowest BCUT2D eigenvalue weighted by atomic mass is 10.00. The third-order valence-electron chi connectivity index (χ3n) is 10.4. The Kier molecular flexibility index (Phi) is 6.79. The van der Waals surface area contributed by atoms with Crippen LogP contribution in [0.1, 0.15) is 0 Å². The molecule has 7 aromatic carbocycles. The first-order valence-electron chi connectivity index (χ1n) is 18.1. The summed E-state index contributed by atoms with van der Waals surface area (Å²) in [7, 11) is 0. The molecule has 0 bridgehead atoms. The van der Waals surface area contributed by atoms with Crippen molar-refractivity contribution in [3.8, 4) is 50.6 Å². The molecule has 5 heteroatoms. The summed E-state index contributed by atoms with van der Waals surface area (Å²) in [6.07, 6.45) is 0. The lowest BCUT2D eigenvalue weighted by Crippen LogP contribution is -1.97. The van der Waals surface area contributed by atoms with Crippen LogP contribution in [0, 0.1) is 0 Å². The highest BCUT2D eigenvalue weighted by Gasteiger charge is 2.24. The molecule has 0 saturated carbocycles. The van der Waals surface area contributed by atoms with Gasteiger partial charge < -0.3 is 8.98 Å². The minimum absolute atomic E-state index is 0.806. The molecule has 0 atom stereocenters.